The predicted molar refractivity (Wildman–Crippen MR) is 71.3 cm³/mol. The van der Waals surface area contributed by atoms with Crippen molar-refractivity contribution in [1.29, 1.82) is 0 Å². The molecule has 15 heteroatoms. The van der Waals surface area contributed by atoms with Gasteiger partial charge >= 0.3 is 35.8 Å². The lowest BCUT2D eigenvalue weighted by Crippen LogP contribution is -2.71. The Kier molecular flexibility index (Phi) is 6.48. The molecule has 0 spiro atoms. The fourth-order valence-corrected chi connectivity index (χ4v) is 2.21. The molecule has 2 unspecified atom stereocenters. The van der Waals surface area contributed by atoms with Crippen LogP contribution in [0.15, 0.2) is 24.3 Å². The van der Waals surface area contributed by atoms with Crippen molar-refractivity contribution < 1.29 is 66.6 Å². The van der Waals surface area contributed by atoms with Crippen LogP contribution in [0.25, 0.3) is 0 Å². The SMILES string of the molecule is CC(C(O)c1ccc(F)cc1)C(F)(F)C(F)(F)C(F)(F)C(F)(F)C(F)(F)C(F)(F)F. The van der Waals surface area contributed by atoms with Crippen molar-refractivity contribution in [1.82, 2.24) is 0 Å². The van der Waals surface area contributed by atoms with Gasteiger partial charge in [-0.05, 0) is 17.7 Å². The van der Waals surface area contributed by atoms with Gasteiger partial charge in [-0.25, -0.2) is 4.39 Å². The van der Waals surface area contributed by atoms with Crippen molar-refractivity contribution in [3.8, 4) is 0 Å². The maximum Gasteiger partial charge on any atom is 0.460 e. The average Bonchev–Trinajstić information content (AvgIpc) is 2.59. The minimum absolute atomic E-state index is 0.0853. The van der Waals surface area contributed by atoms with Crippen LogP contribution in [-0.2, 0) is 0 Å². The van der Waals surface area contributed by atoms with Gasteiger partial charge in [0.1, 0.15) is 5.82 Å². The molecule has 0 bridgehead atoms. The third kappa shape index (κ3) is 3.68. The Labute approximate surface area is 158 Å². The Bertz CT molecular complexity index is 737. The van der Waals surface area contributed by atoms with E-state index >= 15 is 0 Å². The topological polar surface area (TPSA) is 20.2 Å². The zero-order valence-electron chi connectivity index (χ0n) is 14.2. The summed E-state index contributed by atoms with van der Waals surface area (Å²) in [5.41, 5.74) is -0.796. The Morgan fingerprint density at radius 1 is 0.633 bits per heavy atom. The van der Waals surface area contributed by atoms with E-state index in [1.165, 1.54) is 0 Å². The maximum absolute atomic E-state index is 14.0. The minimum atomic E-state index is -8.01. The van der Waals surface area contributed by atoms with Crippen LogP contribution in [0.5, 0.6) is 0 Å². The lowest BCUT2D eigenvalue weighted by molar-refractivity contribution is -0.444. The molecule has 0 saturated carbocycles. The molecule has 0 radical (unpaired) electrons. The number of hydrogen-bond donors (Lipinski definition) is 1. The third-order valence-corrected chi connectivity index (χ3v) is 4.21. The van der Waals surface area contributed by atoms with Gasteiger partial charge in [-0.1, -0.05) is 19.1 Å². The Morgan fingerprint density at radius 3 is 1.37 bits per heavy atom. The van der Waals surface area contributed by atoms with E-state index in [4.69, 9.17) is 0 Å². The number of aliphatic hydroxyl groups excluding tert-OH is 1. The van der Waals surface area contributed by atoms with E-state index in [0.29, 0.717) is 24.3 Å². The zero-order chi connectivity index (χ0) is 24.1. The highest BCUT2D eigenvalue weighted by molar-refractivity contribution is 5.21. The summed E-state index contributed by atoms with van der Waals surface area (Å²) in [5.74, 6) is -42.2. The van der Waals surface area contributed by atoms with E-state index in [1.54, 1.807) is 0 Å². The molecule has 1 N–H and O–H groups in total. The number of rotatable bonds is 7. The van der Waals surface area contributed by atoms with E-state index in [2.05, 4.69) is 0 Å². The standard InChI is InChI=1S/C15H10F14O/c1-6(9(30)7-2-4-8(16)5-3-7)10(17,18)11(19,20)12(21,22)13(23,24)14(25,26)15(27,28)29/h2-6,9,30H,1H3. The van der Waals surface area contributed by atoms with Crippen LogP contribution >= 0.6 is 0 Å². The molecule has 0 saturated heterocycles. The van der Waals surface area contributed by atoms with E-state index in [0.717, 1.165) is 0 Å². The van der Waals surface area contributed by atoms with Crippen molar-refractivity contribution in [2.45, 2.75) is 48.8 Å². The van der Waals surface area contributed by atoms with Crippen molar-refractivity contribution in [3.63, 3.8) is 0 Å². The fraction of sp³-hybridized carbons (Fsp3) is 0.600. The quantitative estimate of drug-likeness (QED) is 0.467. The average molecular weight is 472 g/mol. The summed E-state index contributed by atoms with van der Waals surface area (Å²) in [6.07, 6.45) is -10.4. The fourth-order valence-electron chi connectivity index (χ4n) is 2.21. The first kappa shape index (κ1) is 26.2. The zero-order valence-corrected chi connectivity index (χ0v) is 14.2. The smallest absolute Gasteiger partial charge is 0.388 e. The number of halogens is 14. The molecule has 0 aliphatic rings. The van der Waals surface area contributed by atoms with E-state index in [-0.39, 0.29) is 6.92 Å². The summed E-state index contributed by atoms with van der Waals surface area (Å²) in [6, 6.07) is 2.06. The summed E-state index contributed by atoms with van der Waals surface area (Å²) in [6.45, 7) is -0.0853. The first-order chi connectivity index (χ1) is 13.1. The second kappa shape index (κ2) is 7.41. The van der Waals surface area contributed by atoms with Crippen LogP contribution in [0, 0.1) is 11.7 Å². The normalized spacial score (nSPS) is 17.1. The molecule has 0 amide bonds. The molecule has 174 valence electrons. The number of hydrogen-bond acceptors (Lipinski definition) is 1. The molecule has 1 aromatic carbocycles. The Hall–Kier alpha value is -1.80. The Balaban J connectivity index is 3.45. The lowest BCUT2D eigenvalue weighted by Gasteiger charge is -2.42. The summed E-state index contributed by atoms with van der Waals surface area (Å²) < 4.78 is 183. The van der Waals surface area contributed by atoms with Crippen LogP contribution in [0.1, 0.15) is 18.6 Å². The summed E-state index contributed by atoms with van der Waals surface area (Å²) >= 11 is 0. The molecule has 0 fully saturated rings. The summed E-state index contributed by atoms with van der Waals surface area (Å²) in [7, 11) is 0. The highest BCUT2D eigenvalue weighted by Gasteiger charge is 2.91. The van der Waals surface area contributed by atoms with E-state index < -0.39 is 59.2 Å². The van der Waals surface area contributed by atoms with Gasteiger partial charge in [0, 0.05) is 0 Å². The molecule has 1 rings (SSSR count). The Morgan fingerprint density at radius 2 is 1.00 bits per heavy atom. The number of alkyl halides is 13. The van der Waals surface area contributed by atoms with Crippen molar-refractivity contribution >= 4 is 0 Å². The molecule has 1 aromatic rings. The highest BCUT2D eigenvalue weighted by atomic mass is 19.4. The number of aliphatic hydroxyl groups is 1. The van der Waals surface area contributed by atoms with E-state index in [1.807, 2.05) is 0 Å². The van der Waals surface area contributed by atoms with Gasteiger partial charge in [0.25, 0.3) is 0 Å². The molecule has 1 nitrogen and oxygen atoms in total. The van der Waals surface area contributed by atoms with Crippen LogP contribution in [0.2, 0.25) is 0 Å². The molecule has 0 aliphatic carbocycles. The summed E-state index contributed by atoms with van der Waals surface area (Å²) in [4.78, 5) is 0. The molecule has 0 aliphatic heterocycles. The molecular formula is C15H10F14O. The van der Waals surface area contributed by atoms with Gasteiger partial charge in [-0.3, -0.25) is 0 Å². The highest BCUT2D eigenvalue weighted by Crippen LogP contribution is 2.61. The predicted octanol–water partition coefficient (Wildman–Crippen LogP) is 6.23. The largest absolute Gasteiger partial charge is 0.460 e. The molecule has 30 heavy (non-hydrogen) atoms. The first-order valence-electron chi connectivity index (χ1n) is 7.46. The summed E-state index contributed by atoms with van der Waals surface area (Å²) in [5, 5.41) is 9.64. The second-order valence-electron chi connectivity index (χ2n) is 6.20. The maximum atomic E-state index is 14.0. The first-order valence-corrected chi connectivity index (χ1v) is 7.46. The molecule has 0 heterocycles. The molecular weight excluding hydrogens is 462 g/mol. The lowest BCUT2D eigenvalue weighted by atomic mass is 9.83. The van der Waals surface area contributed by atoms with Crippen molar-refractivity contribution in [2.24, 2.45) is 5.92 Å². The van der Waals surface area contributed by atoms with Gasteiger partial charge in [0.2, 0.25) is 0 Å². The van der Waals surface area contributed by atoms with Gasteiger partial charge in [-0.2, -0.15) is 57.1 Å². The van der Waals surface area contributed by atoms with Crippen LogP contribution in [0.4, 0.5) is 61.5 Å². The van der Waals surface area contributed by atoms with Crippen molar-refractivity contribution in [2.75, 3.05) is 0 Å². The van der Waals surface area contributed by atoms with E-state index in [9.17, 15) is 66.6 Å². The monoisotopic (exact) mass is 472 g/mol. The minimum Gasteiger partial charge on any atom is -0.388 e. The van der Waals surface area contributed by atoms with Gasteiger partial charge in [0.05, 0.1) is 12.0 Å². The van der Waals surface area contributed by atoms with Gasteiger partial charge in [0.15, 0.2) is 0 Å². The third-order valence-electron chi connectivity index (χ3n) is 4.21. The molecule has 0 aromatic heterocycles. The molecule has 2 atom stereocenters. The second-order valence-corrected chi connectivity index (χ2v) is 6.20. The van der Waals surface area contributed by atoms with Crippen molar-refractivity contribution in [3.05, 3.63) is 35.6 Å². The van der Waals surface area contributed by atoms with Gasteiger partial charge in [-0.15, -0.1) is 0 Å². The van der Waals surface area contributed by atoms with Crippen LogP contribution < -0.4 is 0 Å². The van der Waals surface area contributed by atoms with Gasteiger partial charge < -0.3 is 5.11 Å². The van der Waals surface area contributed by atoms with Crippen LogP contribution in [-0.4, -0.2) is 40.9 Å². The number of benzene rings is 1. The van der Waals surface area contributed by atoms with Crippen LogP contribution in [0.3, 0.4) is 0 Å².